The number of carbonyl (C=O) groups excluding carboxylic acids is 1. The zero-order valence-corrected chi connectivity index (χ0v) is 17.4. The van der Waals surface area contributed by atoms with Gasteiger partial charge in [0.1, 0.15) is 5.60 Å². The molecule has 2 aliphatic rings. The summed E-state index contributed by atoms with van der Waals surface area (Å²) >= 11 is 0. The Bertz CT molecular complexity index is 898. The smallest absolute Gasteiger partial charge is 0.338 e. The van der Waals surface area contributed by atoms with E-state index in [0.717, 1.165) is 25.1 Å². The Morgan fingerprint density at radius 3 is 2.62 bits per heavy atom. The fraction of sp³-hybridized carbons (Fsp3) is 0.400. The van der Waals surface area contributed by atoms with E-state index in [0.29, 0.717) is 18.2 Å². The van der Waals surface area contributed by atoms with Crippen LogP contribution in [0.4, 0.5) is 0 Å². The molecule has 0 spiro atoms. The number of morpholine rings is 1. The summed E-state index contributed by atoms with van der Waals surface area (Å²) in [5.41, 5.74) is 3.83. The number of fused-ring (bicyclic) bond motifs is 2. The van der Waals surface area contributed by atoms with Crippen LogP contribution in [0.2, 0.25) is 0 Å². The molecule has 0 saturated carbocycles. The van der Waals surface area contributed by atoms with Gasteiger partial charge in [0.25, 0.3) is 0 Å². The standard InChI is InChI=1S/C25H29NO3/c1-25(2,3)29-24(27)20-11-7-10-19(12-20)21-13-22-16-28-17-23(14-21)26(22)15-18-8-5-4-6-9-18/h4-13,22-23H,14-17H2,1-3H3. The molecular weight excluding hydrogens is 362 g/mol. The minimum atomic E-state index is -0.497. The summed E-state index contributed by atoms with van der Waals surface area (Å²) in [6.45, 7) is 8.05. The van der Waals surface area contributed by atoms with Crippen LogP contribution in [0.3, 0.4) is 0 Å². The van der Waals surface area contributed by atoms with Gasteiger partial charge in [-0.15, -0.1) is 0 Å². The molecule has 2 aromatic rings. The molecule has 4 nitrogen and oxygen atoms in total. The lowest BCUT2D eigenvalue weighted by Crippen LogP contribution is -2.53. The number of carbonyl (C=O) groups is 1. The largest absolute Gasteiger partial charge is 0.456 e. The lowest BCUT2D eigenvalue weighted by molar-refractivity contribution is -0.0402. The molecule has 0 aliphatic carbocycles. The van der Waals surface area contributed by atoms with Crippen molar-refractivity contribution in [1.82, 2.24) is 4.90 Å². The van der Waals surface area contributed by atoms with Gasteiger partial charge >= 0.3 is 5.97 Å². The van der Waals surface area contributed by atoms with Gasteiger partial charge in [-0.2, -0.15) is 0 Å². The van der Waals surface area contributed by atoms with E-state index in [1.54, 1.807) is 0 Å². The van der Waals surface area contributed by atoms with Gasteiger partial charge in [-0.3, -0.25) is 4.90 Å². The van der Waals surface area contributed by atoms with Crippen LogP contribution in [0.25, 0.3) is 5.57 Å². The Labute approximate surface area is 173 Å². The van der Waals surface area contributed by atoms with Crippen LogP contribution >= 0.6 is 0 Å². The molecule has 1 saturated heterocycles. The number of rotatable bonds is 4. The molecule has 2 unspecified atom stereocenters. The molecule has 4 rings (SSSR count). The summed E-state index contributed by atoms with van der Waals surface area (Å²) in [4.78, 5) is 15.0. The van der Waals surface area contributed by atoms with E-state index in [4.69, 9.17) is 9.47 Å². The fourth-order valence-corrected chi connectivity index (χ4v) is 4.10. The summed E-state index contributed by atoms with van der Waals surface area (Å²) in [6.07, 6.45) is 3.23. The normalized spacial score (nSPS) is 22.1. The van der Waals surface area contributed by atoms with Gasteiger partial charge in [0.2, 0.25) is 0 Å². The highest BCUT2D eigenvalue weighted by Gasteiger charge is 2.35. The molecule has 2 aliphatic heterocycles. The topological polar surface area (TPSA) is 38.8 Å². The number of esters is 1. The van der Waals surface area contributed by atoms with Crippen LogP contribution in [0, 0.1) is 0 Å². The molecular formula is C25H29NO3. The first kappa shape index (κ1) is 19.9. The molecule has 0 amide bonds. The SMILES string of the molecule is CC(C)(C)OC(=O)c1cccc(C2=CC3COCC(C2)N3Cc2ccccc2)c1. The Morgan fingerprint density at radius 2 is 1.90 bits per heavy atom. The minimum Gasteiger partial charge on any atom is -0.456 e. The van der Waals surface area contributed by atoms with Crippen LogP contribution in [0.15, 0.2) is 60.7 Å². The molecule has 0 radical (unpaired) electrons. The lowest BCUT2D eigenvalue weighted by atomic mass is 9.89. The van der Waals surface area contributed by atoms with Gasteiger partial charge in [-0.25, -0.2) is 4.79 Å². The molecule has 4 heteroatoms. The van der Waals surface area contributed by atoms with Crippen molar-refractivity contribution in [3.63, 3.8) is 0 Å². The van der Waals surface area contributed by atoms with Crippen molar-refractivity contribution in [2.75, 3.05) is 13.2 Å². The number of hydrogen-bond acceptors (Lipinski definition) is 4. The van der Waals surface area contributed by atoms with Gasteiger partial charge in [-0.1, -0.05) is 48.5 Å². The number of hydrogen-bond donors (Lipinski definition) is 0. The molecule has 29 heavy (non-hydrogen) atoms. The van der Waals surface area contributed by atoms with Crippen molar-refractivity contribution in [2.24, 2.45) is 0 Å². The molecule has 2 aromatic carbocycles. The van der Waals surface area contributed by atoms with Crippen LogP contribution in [-0.2, 0) is 16.0 Å². The van der Waals surface area contributed by atoms with Crippen molar-refractivity contribution in [3.8, 4) is 0 Å². The van der Waals surface area contributed by atoms with Crippen molar-refractivity contribution in [3.05, 3.63) is 77.4 Å². The summed E-state index contributed by atoms with van der Waals surface area (Å²) in [5.74, 6) is -0.273. The summed E-state index contributed by atoms with van der Waals surface area (Å²) < 4.78 is 11.4. The van der Waals surface area contributed by atoms with Crippen LogP contribution < -0.4 is 0 Å². The van der Waals surface area contributed by atoms with Gasteiger partial charge < -0.3 is 9.47 Å². The first-order valence-electron chi connectivity index (χ1n) is 10.3. The lowest BCUT2D eigenvalue weighted by Gasteiger charge is -2.45. The molecule has 1 fully saturated rings. The maximum absolute atomic E-state index is 12.5. The summed E-state index contributed by atoms with van der Waals surface area (Å²) in [6, 6.07) is 19.0. The highest BCUT2D eigenvalue weighted by atomic mass is 16.6. The van der Waals surface area contributed by atoms with Crippen molar-refractivity contribution >= 4 is 11.5 Å². The third-order valence-electron chi connectivity index (χ3n) is 5.42. The van der Waals surface area contributed by atoms with E-state index in [1.165, 1.54) is 11.1 Å². The Hall–Kier alpha value is -2.43. The number of nitrogens with zero attached hydrogens (tertiary/aromatic N) is 1. The monoisotopic (exact) mass is 391 g/mol. The maximum Gasteiger partial charge on any atom is 0.338 e. The quantitative estimate of drug-likeness (QED) is 0.708. The predicted octanol–water partition coefficient (Wildman–Crippen LogP) is 4.70. The van der Waals surface area contributed by atoms with Crippen molar-refractivity contribution in [2.45, 2.75) is 51.4 Å². The number of benzene rings is 2. The molecule has 0 N–H and O–H groups in total. The van der Waals surface area contributed by atoms with Gasteiger partial charge in [0.15, 0.2) is 0 Å². The van der Waals surface area contributed by atoms with E-state index in [1.807, 2.05) is 39.0 Å². The molecule has 2 bridgehead atoms. The maximum atomic E-state index is 12.5. The highest BCUT2D eigenvalue weighted by Crippen LogP contribution is 2.34. The van der Waals surface area contributed by atoms with Crippen LogP contribution in [-0.4, -0.2) is 41.8 Å². The van der Waals surface area contributed by atoms with Crippen LogP contribution in [0.1, 0.15) is 48.7 Å². The zero-order valence-electron chi connectivity index (χ0n) is 17.4. The molecule has 2 atom stereocenters. The third-order valence-corrected chi connectivity index (χ3v) is 5.42. The van der Waals surface area contributed by atoms with Gasteiger partial charge in [-0.05, 0) is 56.0 Å². The predicted molar refractivity (Wildman–Crippen MR) is 115 cm³/mol. The first-order valence-corrected chi connectivity index (χ1v) is 10.3. The molecule has 0 aromatic heterocycles. The average molecular weight is 392 g/mol. The molecule has 2 heterocycles. The van der Waals surface area contributed by atoms with E-state index in [-0.39, 0.29) is 12.0 Å². The van der Waals surface area contributed by atoms with E-state index < -0.39 is 5.60 Å². The van der Waals surface area contributed by atoms with Gasteiger partial charge in [0.05, 0.1) is 24.8 Å². The third kappa shape index (κ3) is 4.77. The minimum absolute atomic E-state index is 0.253. The molecule has 152 valence electrons. The van der Waals surface area contributed by atoms with Crippen molar-refractivity contribution in [1.29, 1.82) is 0 Å². The van der Waals surface area contributed by atoms with E-state index in [2.05, 4.69) is 47.4 Å². The fourth-order valence-electron chi connectivity index (χ4n) is 4.10. The Kier molecular flexibility index (Phi) is 5.57. The Balaban J connectivity index is 1.56. The second kappa shape index (κ2) is 8.13. The second-order valence-electron chi connectivity index (χ2n) is 8.90. The summed E-state index contributed by atoms with van der Waals surface area (Å²) in [7, 11) is 0. The second-order valence-corrected chi connectivity index (χ2v) is 8.90. The Morgan fingerprint density at radius 1 is 1.10 bits per heavy atom. The van der Waals surface area contributed by atoms with Crippen molar-refractivity contribution < 1.29 is 14.3 Å². The first-order chi connectivity index (χ1) is 13.9. The van der Waals surface area contributed by atoms with Crippen LogP contribution in [0.5, 0.6) is 0 Å². The van der Waals surface area contributed by atoms with E-state index >= 15 is 0 Å². The van der Waals surface area contributed by atoms with Gasteiger partial charge in [0, 0.05) is 12.6 Å². The zero-order chi connectivity index (χ0) is 20.4. The highest BCUT2D eigenvalue weighted by molar-refractivity contribution is 5.91. The average Bonchev–Trinajstić information content (AvgIpc) is 2.67. The number of ether oxygens (including phenoxy) is 2. The summed E-state index contributed by atoms with van der Waals surface area (Å²) in [5, 5.41) is 0. The van der Waals surface area contributed by atoms with E-state index in [9.17, 15) is 4.79 Å².